The first-order valence-electron chi connectivity index (χ1n) is 8.13. The third-order valence-electron chi connectivity index (χ3n) is 4.24. The molecule has 0 saturated heterocycles. The number of hydrogen-bond acceptors (Lipinski definition) is 3. The summed E-state index contributed by atoms with van der Waals surface area (Å²) in [4.78, 5) is 2.11. The van der Waals surface area contributed by atoms with E-state index in [9.17, 15) is 0 Å². The molecule has 1 atom stereocenters. The Bertz CT molecular complexity index is 719. The van der Waals surface area contributed by atoms with Crippen LogP contribution in [0.4, 0.5) is 0 Å². The fourth-order valence-corrected chi connectivity index (χ4v) is 3.40. The Balaban J connectivity index is 1.84. The van der Waals surface area contributed by atoms with E-state index in [2.05, 4.69) is 22.3 Å². The van der Waals surface area contributed by atoms with Crippen molar-refractivity contribution in [2.45, 2.75) is 12.5 Å². The lowest BCUT2D eigenvalue weighted by Gasteiger charge is -2.28. The van der Waals surface area contributed by atoms with Gasteiger partial charge in [-0.1, -0.05) is 29.3 Å². The zero-order valence-corrected chi connectivity index (χ0v) is 15.5. The van der Waals surface area contributed by atoms with Gasteiger partial charge in [0, 0.05) is 23.1 Å². The molecule has 0 aromatic heterocycles. The first-order valence-corrected chi connectivity index (χ1v) is 8.89. The summed E-state index contributed by atoms with van der Waals surface area (Å²) in [5.41, 5.74) is 3.56. The van der Waals surface area contributed by atoms with Crippen molar-refractivity contribution in [2.75, 3.05) is 33.8 Å². The third kappa shape index (κ3) is 4.04. The molecule has 1 aliphatic rings. The predicted octanol–water partition coefficient (Wildman–Crippen LogP) is 4.17. The smallest absolute Gasteiger partial charge is 0.119 e. The number of nitrogens with zero attached hydrogens (tertiary/aromatic N) is 1. The van der Waals surface area contributed by atoms with Gasteiger partial charge >= 0.3 is 0 Å². The molecule has 3 rings (SSSR count). The minimum Gasteiger partial charge on any atom is -0.492 e. The zero-order valence-electron chi connectivity index (χ0n) is 14.0. The van der Waals surface area contributed by atoms with Crippen LogP contribution >= 0.6 is 23.2 Å². The molecule has 0 saturated carbocycles. The van der Waals surface area contributed by atoms with Crippen LogP contribution in [0.5, 0.6) is 5.75 Å². The lowest BCUT2D eigenvalue weighted by Crippen LogP contribution is -2.30. The molecule has 0 radical (unpaired) electrons. The molecule has 5 heteroatoms. The maximum Gasteiger partial charge on any atom is 0.119 e. The van der Waals surface area contributed by atoms with Gasteiger partial charge in [0.25, 0.3) is 0 Å². The highest BCUT2D eigenvalue weighted by Crippen LogP contribution is 2.35. The molecule has 0 amide bonds. The third-order valence-corrected chi connectivity index (χ3v) is 4.82. The van der Waals surface area contributed by atoms with Crippen molar-refractivity contribution in [3.63, 3.8) is 0 Å². The van der Waals surface area contributed by atoms with Crippen LogP contribution in [0.3, 0.4) is 0 Å². The van der Waals surface area contributed by atoms with Crippen LogP contribution in [0.25, 0.3) is 0 Å². The number of halogens is 2. The Morgan fingerprint density at radius 2 is 1.96 bits per heavy atom. The lowest BCUT2D eigenvalue weighted by molar-refractivity contribution is 0.261. The van der Waals surface area contributed by atoms with Crippen LogP contribution in [0, 0.1) is 0 Å². The summed E-state index contributed by atoms with van der Waals surface area (Å²) in [6.45, 7) is 2.49. The van der Waals surface area contributed by atoms with Crippen LogP contribution in [-0.2, 0) is 6.42 Å². The molecular formula is C19H22Cl2N2O. The Hall–Kier alpha value is -1.26. The topological polar surface area (TPSA) is 24.5 Å². The van der Waals surface area contributed by atoms with E-state index in [1.54, 1.807) is 0 Å². The highest BCUT2D eigenvalue weighted by Gasteiger charge is 2.23. The molecule has 0 bridgehead atoms. The van der Waals surface area contributed by atoms with Crippen LogP contribution in [0.2, 0.25) is 10.0 Å². The molecule has 1 heterocycles. The van der Waals surface area contributed by atoms with E-state index in [0.29, 0.717) is 11.6 Å². The van der Waals surface area contributed by atoms with E-state index < -0.39 is 0 Å². The predicted molar refractivity (Wildman–Crippen MR) is 101 cm³/mol. The van der Waals surface area contributed by atoms with Crippen molar-refractivity contribution in [3.05, 3.63) is 63.1 Å². The molecule has 2 aromatic rings. The molecule has 1 N–H and O–H groups in total. The van der Waals surface area contributed by atoms with E-state index in [0.717, 1.165) is 35.8 Å². The minimum absolute atomic E-state index is 0.0655. The second-order valence-corrected chi connectivity index (χ2v) is 7.16. The van der Waals surface area contributed by atoms with Crippen LogP contribution in [-0.4, -0.2) is 38.7 Å². The summed E-state index contributed by atoms with van der Waals surface area (Å²) < 4.78 is 5.86. The molecule has 0 aliphatic carbocycles. The van der Waals surface area contributed by atoms with Crippen molar-refractivity contribution in [1.29, 1.82) is 0 Å². The number of hydrogen-bond donors (Lipinski definition) is 1. The molecule has 2 aromatic carbocycles. The Labute approximate surface area is 153 Å². The minimum atomic E-state index is 0.0655. The van der Waals surface area contributed by atoms with Gasteiger partial charge in [0.05, 0.1) is 6.04 Å². The molecule has 0 spiro atoms. The van der Waals surface area contributed by atoms with E-state index in [1.807, 2.05) is 38.4 Å². The maximum atomic E-state index is 6.40. The van der Waals surface area contributed by atoms with Crippen LogP contribution < -0.4 is 10.1 Å². The summed E-state index contributed by atoms with van der Waals surface area (Å²) in [5, 5.41) is 4.98. The average Bonchev–Trinajstić information content (AvgIpc) is 2.56. The van der Waals surface area contributed by atoms with Crippen molar-refractivity contribution >= 4 is 23.2 Å². The van der Waals surface area contributed by atoms with Crippen molar-refractivity contribution in [3.8, 4) is 5.75 Å². The second-order valence-electron chi connectivity index (χ2n) is 6.32. The molecule has 24 heavy (non-hydrogen) atoms. The normalized spacial score (nSPS) is 17.0. The largest absolute Gasteiger partial charge is 0.492 e. The van der Waals surface area contributed by atoms with Gasteiger partial charge in [0.15, 0.2) is 0 Å². The fraction of sp³-hybridized carbons (Fsp3) is 0.368. The summed E-state index contributed by atoms with van der Waals surface area (Å²) in [7, 11) is 4.09. The number of likely N-dealkylation sites (N-methyl/N-ethyl adjacent to an activating group) is 1. The van der Waals surface area contributed by atoms with Gasteiger partial charge in [-0.2, -0.15) is 0 Å². The number of benzene rings is 2. The fourth-order valence-electron chi connectivity index (χ4n) is 2.99. The monoisotopic (exact) mass is 364 g/mol. The summed E-state index contributed by atoms with van der Waals surface area (Å²) in [6.07, 6.45) is 0.981. The highest BCUT2D eigenvalue weighted by atomic mass is 35.5. The van der Waals surface area contributed by atoms with Gasteiger partial charge in [-0.15, -0.1) is 0 Å². The van der Waals surface area contributed by atoms with Gasteiger partial charge in [-0.05, 0) is 67.5 Å². The first-order chi connectivity index (χ1) is 11.5. The van der Waals surface area contributed by atoms with Gasteiger partial charge in [-0.3, -0.25) is 0 Å². The van der Waals surface area contributed by atoms with Crippen molar-refractivity contribution < 1.29 is 4.74 Å². The van der Waals surface area contributed by atoms with E-state index in [-0.39, 0.29) is 6.04 Å². The Morgan fingerprint density at radius 3 is 2.75 bits per heavy atom. The van der Waals surface area contributed by atoms with E-state index in [4.69, 9.17) is 27.9 Å². The van der Waals surface area contributed by atoms with Crippen molar-refractivity contribution in [1.82, 2.24) is 10.2 Å². The number of nitrogens with one attached hydrogen (secondary N) is 1. The van der Waals surface area contributed by atoms with Crippen LogP contribution in [0.1, 0.15) is 22.7 Å². The molecule has 128 valence electrons. The molecule has 1 unspecified atom stereocenters. The van der Waals surface area contributed by atoms with Gasteiger partial charge in [0.2, 0.25) is 0 Å². The summed E-state index contributed by atoms with van der Waals surface area (Å²) in [6, 6.07) is 12.0. The molecule has 3 nitrogen and oxygen atoms in total. The quantitative estimate of drug-likeness (QED) is 0.861. The van der Waals surface area contributed by atoms with Gasteiger partial charge < -0.3 is 15.0 Å². The second kappa shape index (κ2) is 7.75. The number of fused-ring (bicyclic) bond motifs is 1. The first kappa shape index (κ1) is 17.6. The lowest BCUT2D eigenvalue weighted by atomic mass is 9.89. The summed E-state index contributed by atoms with van der Waals surface area (Å²) >= 11 is 12.6. The molecule has 0 fully saturated rings. The highest BCUT2D eigenvalue weighted by molar-refractivity contribution is 6.33. The molecule has 1 aliphatic heterocycles. The Kier molecular flexibility index (Phi) is 5.67. The van der Waals surface area contributed by atoms with Crippen LogP contribution in [0.15, 0.2) is 36.4 Å². The van der Waals surface area contributed by atoms with Crippen molar-refractivity contribution in [2.24, 2.45) is 0 Å². The van der Waals surface area contributed by atoms with Gasteiger partial charge in [-0.25, -0.2) is 0 Å². The zero-order chi connectivity index (χ0) is 17.1. The maximum absolute atomic E-state index is 6.40. The summed E-state index contributed by atoms with van der Waals surface area (Å²) in [5.74, 6) is 0.924. The number of rotatable bonds is 5. The Morgan fingerprint density at radius 1 is 1.12 bits per heavy atom. The number of ether oxygens (including phenoxy) is 1. The van der Waals surface area contributed by atoms with Gasteiger partial charge in [0.1, 0.15) is 12.4 Å². The van der Waals surface area contributed by atoms with E-state index >= 15 is 0 Å². The van der Waals surface area contributed by atoms with E-state index in [1.165, 1.54) is 11.1 Å². The SMILES string of the molecule is CN(C)CCOc1ccc2c(c1)CCNC2c1cc(Cl)ccc1Cl. The molecular weight excluding hydrogens is 343 g/mol. The standard InChI is InChI=1S/C19H22Cl2N2O/c1-23(2)9-10-24-15-4-5-16-13(11-15)7-8-22-19(16)17-12-14(20)3-6-18(17)21/h3-6,11-12,19,22H,7-10H2,1-2H3. The average molecular weight is 365 g/mol.